The number of hydrogen-bond acceptors (Lipinski definition) is 4. The number of halogens is 4. The number of aryl methyl sites for hydroxylation is 1. The first kappa shape index (κ1) is 19.5. The summed E-state index contributed by atoms with van der Waals surface area (Å²) in [4.78, 5) is 18.3. The summed E-state index contributed by atoms with van der Waals surface area (Å²) < 4.78 is 53.9. The molecule has 0 unspecified atom stereocenters. The zero-order valence-corrected chi connectivity index (χ0v) is 15.1. The largest absolute Gasteiger partial charge is 0.352 e. The van der Waals surface area contributed by atoms with E-state index in [-0.39, 0.29) is 35.2 Å². The Morgan fingerprint density at radius 2 is 1.93 bits per heavy atom. The minimum atomic E-state index is -3.00. The van der Waals surface area contributed by atoms with Crippen LogP contribution in [-0.4, -0.2) is 51.8 Å². The first-order valence-corrected chi connectivity index (χ1v) is 8.68. The standard InChI is InChI=1S/C17H21F4N5O/c1-9-14-11(15(18)19)7-12(16(20)21)23-17(14)26(24-9)8-13(27)22-10-3-5-25(2)6-4-10/h7,10,15-16H,3-6,8H2,1-2H3,(H,22,27). The third-order valence-corrected chi connectivity index (χ3v) is 4.76. The van der Waals surface area contributed by atoms with Crippen molar-refractivity contribution in [1.82, 2.24) is 25.0 Å². The molecule has 0 radical (unpaired) electrons. The molecule has 1 saturated heterocycles. The Kier molecular flexibility index (Phi) is 5.64. The molecule has 0 saturated carbocycles. The van der Waals surface area contributed by atoms with Gasteiger partial charge < -0.3 is 10.2 Å². The number of rotatable bonds is 5. The van der Waals surface area contributed by atoms with Gasteiger partial charge in [0.05, 0.1) is 11.1 Å². The van der Waals surface area contributed by atoms with E-state index in [0.717, 1.165) is 30.6 Å². The molecular formula is C17H21F4N5O. The lowest BCUT2D eigenvalue weighted by atomic mass is 10.1. The highest BCUT2D eigenvalue weighted by Gasteiger charge is 2.24. The van der Waals surface area contributed by atoms with Crippen molar-refractivity contribution in [3.05, 3.63) is 23.0 Å². The molecule has 1 aliphatic heterocycles. The van der Waals surface area contributed by atoms with E-state index in [1.807, 2.05) is 7.05 Å². The van der Waals surface area contributed by atoms with Gasteiger partial charge in [-0.2, -0.15) is 5.10 Å². The number of likely N-dealkylation sites (tertiary alicyclic amines) is 1. The van der Waals surface area contributed by atoms with Gasteiger partial charge in [0.2, 0.25) is 5.91 Å². The molecular weight excluding hydrogens is 366 g/mol. The van der Waals surface area contributed by atoms with Crippen molar-refractivity contribution in [1.29, 1.82) is 0 Å². The molecule has 0 bridgehead atoms. The molecule has 1 aliphatic rings. The van der Waals surface area contributed by atoms with Crippen LogP contribution in [-0.2, 0) is 11.3 Å². The number of hydrogen-bond donors (Lipinski definition) is 1. The molecule has 0 atom stereocenters. The second-order valence-corrected chi connectivity index (χ2v) is 6.82. The van der Waals surface area contributed by atoms with E-state index in [1.165, 1.54) is 6.92 Å². The summed E-state index contributed by atoms with van der Waals surface area (Å²) in [6, 6.07) is 0.729. The summed E-state index contributed by atoms with van der Waals surface area (Å²) in [7, 11) is 2.00. The van der Waals surface area contributed by atoms with E-state index in [0.29, 0.717) is 6.07 Å². The number of pyridine rings is 1. The second kappa shape index (κ2) is 7.79. The lowest BCUT2D eigenvalue weighted by Gasteiger charge is -2.29. The maximum atomic E-state index is 13.3. The maximum Gasteiger partial charge on any atom is 0.280 e. The van der Waals surface area contributed by atoms with Crippen LogP contribution in [0.1, 0.15) is 42.6 Å². The van der Waals surface area contributed by atoms with E-state index in [9.17, 15) is 22.4 Å². The number of carbonyl (C=O) groups excluding carboxylic acids is 1. The summed E-state index contributed by atoms with van der Waals surface area (Å²) >= 11 is 0. The highest BCUT2D eigenvalue weighted by Crippen LogP contribution is 2.32. The molecule has 0 aromatic carbocycles. The fraction of sp³-hybridized carbons (Fsp3) is 0.588. The Morgan fingerprint density at radius 3 is 2.52 bits per heavy atom. The number of amides is 1. The van der Waals surface area contributed by atoms with E-state index in [4.69, 9.17) is 0 Å². The highest BCUT2D eigenvalue weighted by molar-refractivity contribution is 5.84. The number of nitrogens with zero attached hydrogens (tertiary/aromatic N) is 4. The van der Waals surface area contributed by atoms with Gasteiger partial charge in [0.15, 0.2) is 5.65 Å². The van der Waals surface area contributed by atoms with Gasteiger partial charge in [-0.1, -0.05) is 0 Å². The average Bonchev–Trinajstić information content (AvgIpc) is 2.91. The zero-order valence-electron chi connectivity index (χ0n) is 15.1. The number of piperidine rings is 1. The topological polar surface area (TPSA) is 63.1 Å². The van der Waals surface area contributed by atoms with Gasteiger partial charge in [-0.3, -0.25) is 4.79 Å². The van der Waals surface area contributed by atoms with Gasteiger partial charge in [-0.15, -0.1) is 0 Å². The van der Waals surface area contributed by atoms with Crippen LogP contribution in [0.15, 0.2) is 6.07 Å². The van der Waals surface area contributed by atoms with Crippen LogP contribution in [0, 0.1) is 6.92 Å². The predicted octanol–water partition coefficient (Wildman–Crippen LogP) is 2.83. The van der Waals surface area contributed by atoms with E-state index in [1.54, 1.807) is 0 Å². The Hall–Kier alpha value is -2.23. The van der Waals surface area contributed by atoms with Gasteiger partial charge >= 0.3 is 0 Å². The first-order chi connectivity index (χ1) is 12.8. The van der Waals surface area contributed by atoms with Crippen molar-refractivity contribution in [3.63, 3.8) is 0 Å². The van der Waals surface area contributed by atoms with Crippen molar-refractivity contribution in [2.45, 2.75) is 45.2 Å². The van der Waals surface area contributed by atoms with Crippen LogP contribution in [0.5, 0.6) is 0 Å². The molecule has 0 aliphatic carbocycles. The summed E-state index contributed by atoms with van der Waals surface area (Å²) in [5.41, 5.74) is -1.20. The van der Waals surface area contributed by atoms with Gasteiger partial charge in [0, 0.05) is 11.6 Å². The van der Waals surface area contributed by atoms with Crippen LogP contribution in [0.4, 0.5) is 17.6 Å². The molecule has 2 aromatic heterocycles. The Balaban J connectivity index is 1.87. The average molecular weight is 387 g/mol. The summed E-state index contributed by atoms with van der Waals surface area (Å²) in [6.45, 7) is 2.96. The van der Waals surface area contributed by atoms with E-state index < -0.39 is 24.1 Å². The molecule has 3 rings (SSSR count). The van der Waals surface area contributed by atoms with Crippen molar-refractivity contribution >= 4 is 16.9 Å². The van der Waals surface area contributed by atoms with Crippen molar-refractivity contribution in [3.8, 4) is 0 Å². The number of fused-ring (bicyclic) bond motifs is 1. The number of nitrogens with one attached hydrogen (secondary N) is 1. The molecule has 0 spiro atoms. The molecule has 27 heavy (non-hydrogen) atoms. The molecule has 1 amide bonds. The van der Waals surface area contributed by atoms with Gasteiger partial charge in [-0.25, -0.2) is 27.2 Å². The van der Waals surface area contributed by atoms with Gasteiger partial charge in [0.1, 0.15) is 12.2 Å². The highest BCUT2D eigenvalue weighted by atomic mass is 19.3. The lowest BCUT2D eigenvalue weighted by molar-refractivity contribution is -0.122. The van der Waals surface area contributed by atoms with E-state index >= 15 is 0 Å². The molecule has 1 fully saturated rings. The first-order valence-electron chi connectivity index (χ1n) is 8.68. The molecule has 2 aromatic rings. The molecule has 10 heteroatoms. The van der Waals surface area contributed by atoms with Crippen molar-refractivity contribution in [2.24, 2.45) is 0 Å². The Bertz CT molecular complexity index is 830. The third-order valence-electron chi connectivity index (χ3n) is 4.76. The molecule has 1 N–H and O–H groups in total. The van der Waals surface area contributed by atoms with Crippen LogP contribution >= 0.6 is 0 Å². The van der Waals surface area contributed by atoms with Crippen LogP contribution in [0.2, 0.25) is 0 Å². The minimum Gasteiger partial charge on any atom is -0.352 e. The van der Waals surface area contributed by atoms with Crippen LogP contribution in [0.3, 0.4) is 0 Å². The van der Waals surface area contributed by atoms with Crippen LogP contribution < -0.4 is 5.32 Å². The van der Waals surface area contributed by atoms with Gasteiger partial charge in [0.25, 0.3) is 12.9 Å². The normalized spacial score (nSPS) is 16.6. The third kappa shape index (κ3) is 4.20. The van der Waals surface area contributed by atoms with E-state index in [2.05, 4.69) is 20.3 Å². The van der Waals surface area contributed by atoms with Gasteiger partial charge in [-0.05, 0) is 46.0 Å². The second-order valence-electron chi connectivity index (χ2n) is 6.82. The smallest absolute Gasteiger partial charge is 0.280 e. The quantitative estimate of drug-likeness (QED) is 0.802. The van der Waals surface area contributed by atoms with Crippen molar-refractivity contribution in [2.75, 3.05) is 20.1 Å². The summed E-state index contributed by atoms with van der Waals surface area (Å²) in [6.07, 6.45) is -4.32. The number of alkyl halides is 4. The number of carbonyl (C=O) groups is 1. The fourth-order valence-corrected chi connectivity index (χ4v) is 3.36. The molecule has 148 valence electrons. The fourth-order valence-electron chi connectivity index (χ4n) is 3.36. The predicted molar refractivity (Wildman–Crippen MR) is 90.8 cm³/mol. The maximum absolute atomic E-state index is 13.3. The Labute approximate surface area is 153 Å². The minimum absolute atomic E-state index is 0.0153. The monoisotopic (exact) mass is 387 g/mol. The molecule has 6 nitrogen and oxygen atoms in total. The number of aromatic nitrogens is 3. The van der Waals surface area contributed by atoms with Crippen LogP contribution in [0.25, 0.3) is 11.0 Å². The SMILES string of the molecule is Cc1nn(CC(=O)NC2CCN(C)CC2)c2nc(C(F)F)cc(C(F)F)c12. The Morgan fingerprint density at radius 1 is 1.26 bits per heavy atom. The van der Waals surface area contributed by atoms with Crippen molar-refractivity contribution < 1.29 is 22.4 Å². The summed E-state index contributed by atoms with van der Waals surface area (Å²) in [5.74, 6) is -0.350. The summed E-state index contributed by atoms with van der Waals surface area (Å²) in [5, 5.41) is 6.99. The lowest BCUT2D eigenvalue weighted by Crippen LogP contribution is -2.44. The molecule has 3 heterocycles. The zero-order chi connectivity index (χ0) is 19.7.